The van der Waals surface area contributed by atoms with Gasteiger partial charge in [-0.05, 0) is 67.8 Å². The predicted octanol–water partition coefficient (Wildman–Crippen LogP) is 4.71. The molecule has 0 bridgehead atoms. The number of benzene rings is 2. The highest BCUT2D eigenvalue weighted by Crippen LogP contribution is 2.31. The minimum Gasteiger partial charge on any atom is -0.309 e. The van der Waals surface area contributed by atoms with Crippen molar-refractivity contribution in [1.29, 1.82) is 0 Å². The number of aryl methyl sites for hydroxylation is 3. The summed E-state index contributed by atoms with van der Waals surface area (Å²) in [6.45, 7) is 6.28. The third-order valence-electron chi connectivity index (χ3n) is 3.76. The van der Waals surface area contributed by atoms with Crippen LogP contribution in [-0.4, -0.2) is 7.05 Å². The summed E-state index contributed by atoms with van der Waals surface area (Å²) in [5, 5.41) is 3.72. The molecule has 0 aliphatic rings. The summed E-state index contributed by atoms with van der Waals surface area (Å²) >= 11 is 6.20. The van der Waals surface area contributed by atoms with Crippen molar-refractivity contribution in [2.75, 3.05) is 7.05 Å². The molecule has 1 atom stereocenters. The molecule has 1 nitrogen and oxygen atoms in total. The van der Waals surface area contributed by atoms with Crippen LogP contribution in [-0.2, 0) is 0 Å². The molecular weight excluding hydrogens is 273 g/mol. The molecule has 0 spiro atoms. The van der Waals surface area contributed by atoms with E-state index in [1.807, 2.05) is 7.05 Å². The Labute approximate surface area is 124 Å². The Hall–Kier alpha value is -1.38. The SMILES string of the molecule is CNC(c1cc(C)c(C)cc1C)c1ccc(F)cc1Cl. The van der Waals surface area contributed by atoms with Gasteiger partial charge in [-0.1, -0.05) is 29.8 Å². The Morgan fingerprint density at radius 3 is 2.20 bits per heavy atom. The number of hydrogen-bond donors (Lipinski definition) is 1. The van der Waals surface area contributed by atoms with Gasteiger partial charge in [0.05, 0.1) is 6.04 Å². The van der Waals surface area contributed by atoms with E-state index < -0.39 is 0 Å². The largest absolute Gasteiger partial charge is 0.309 e. The Bertz CT molecular complexity index is 637. The fourth-order valence-electron chi connectivity index (χ4n) is 2.51. The van der Waals surface area contributed by atoms with E-state index in [1.165, 1.54) is 34.4 Å². The molecule has 0 aromatic heterocycles. The molecule has 0 amide bonds. The number of hydrogen-bond acceptors (Lipinski definition) is 1. The van der Waals surface area contributed by atoms with Gasteiger partial charge in [-0.2, -0.15) is 0 Å². The van der Waals surface area contributed by atoms with Gasteiger partial charge in [0.25, 0.3) is 0 Å². The summed E-state index contributed by atoms with van der Waals surface area (Å²) in [6, 6.07) is 8.85. The Morgan fingerprint density at radius 1 is 0.950 bits per heavy atom. The third kappa shape index (κ3) is 2.87. The van der Waals surface area contributed by atoms with Crippen molar-refractivity contribution >= 4 is 11.6 Å². The lowest BCUT2D eigenvalue weighted by Crippen LogP contribution is -2.19. The van der Waals surface area contributed by atoms with Gasteiger partial charge >= 0.3 is 0 Å². The van der Waals surface area contributed by atoms with Crippen molar-refractivity contribution < 1.29 is 4.39 Å². The maximum absolute atomic E-state index is 13.2. The summed E-state index contributed by atoms with van der Waals surface area (Å²) in [6.07, 6.45) is 0. The summed E-state index contributed by atoms with van der Waals surface area (Å²) in [4.78, 5) is 0. The van der Waals surface area contributed by atoms with E-state index in [4.69, 9.17) is 11.6 Å². The van der Waals surface area contributed by atoms with Crippen LogP contribution in [0.1, 0.15) is 33.9 Å². The van der Waals surface area contributed by atoms with Crippen LogP contribution in [0.4, 0.5) is 4.39 Å². The molecule has 1 unspecified atom stereocenters. The summed E-state index contributed by atoms with van der Waals surface area (Å²) < 4.78 is 13.2. The topological polar surface area (TPSA) is 12.0 Å². The van der Waals surface area contributed by atoms with Crippen LogP contribution in [0.2, 0.25) is 5.02 Å². The first-order chi connectivity index (χ1) is 9.43. The second kappa shape index (κ2) is 5.94. The van der Waals surface area contributed by atoms with E-state index in [0.717, 1.165) is 5.56 Å². The third-order valence-corrected chi connectivity index (χ3v) is 4.08. The molecule has 2 aromatic carbocycles. The summed E-state index contributed by atoms with van der Waals surface area (Å²) in [5.41, 5.74) is 5.77. The van der Waals surface area contributed by atoms with Gasteiger partial charge in [0, 0.05) is 5.02 Å². The molecule has 0 fully saturated rings. The van der Waals surface area contributed by atoms with Gasteiger partial charge in [-0.15, -0.1) is 0 Å². The smallest absolute Gasteiger partial charge is 0.124 e. The Morgan fingerprint density at radius 2 is 1.60 bits per heavy atom. The van der Waals surface area contributed by atoms with Crippen LogP contribution >= 0.6 is 11.6 Å². The minimum absolute atomic E-state index is 0.0394. The minimum atomic E-state index is -0.314. The van der Waals surface area contributed by atoms with Crippen LogP contribution in [0.25, 0.3) is 0 Å². The van der Waals surface area contributed by atoms with E-state index in [9.17, 15) is 4.39 Å². The van der Waals surface area contributed by atoms with Gasteiger partial charge < -0.3 is 5.32 Å². The maximum atomic E-state index is 13.2. The fraction of sp³-hybridized carbons (Fsp3) is 0.294. The first kappa shape index (κ1) is 15.0. The normalized spacial score (nSPS) is 12.5. The number of nitrogens with one attached hydrogen (secondary N) is 1. The summed E-state index contributed by atoms with van der Waals surface area (Å²) in [7, 11) is 1.89. The molecule has 0 aliphatic carbocycles. The molecule has 2 aromatic rings. The van der Waals surface area contributed by atoms with Crippen molar-refractivity contribution in [2.45, 2.75) is 26.8 Å². The fourth-order valence-corrected chi connectivity index (χ4v) is 2.78. The second-order valence-electron chi connectivity index (χ2n) is 5.18. The molecule has 0 aliphatic heterocycles. The van der Waals surface area contributed by atoms with E-state index in [2.05, 4.69) is 38.2 Å². The molecule has 0 radical (unpaired) electrons. The van der Waals surface area contributed by atoms with Crippen molar-refractivity contribution in [3.63, 3.8) is 0 Å². The van der Waals surface area contributed by atoms with Crippen LogP contribution in [0.5, 0.6) is 0 Å². The van der Waals surface area contributed by atoms with E-state index in [1.54, 1.807) is 6.07 Å². The Kier molecular flexibility index (Phi) is 4.46. The van der Waals surface area contributed by atoms with Gasteiger partial charge in [-0.25, -0.2) is 4.39 Å². The monoisotopic (exact) mass is 291 g/mol. The quantitative estimate of drug-likeness (QED) is 0.863. The lowest BCUT2D eigenvalue weighted by atomic mass is 9.91. The lowest BCUT2D eigenvalue weighted by Gasteiger charge is -2.22. The highest BCUT2D eigenvalue weighted by molar-refractivity contribution is 6.31. The van der Waals surface area contributed by atoms with E-state index >= 15 is 0 Å². The van der Waals surface area contributed by atoms with Gasteiger partial charge in [0.1, 0.15) is 5.82 Å². The first-order valence-corrected chi connectivity index (χ1v) is 7.01. The van der Waals surface area contributed by atoms with Crippen molar-refractivity contribution in [2.24, 2.45) is 0 Å². The van der Waals surface area contributed by atoms with Crippen LogP contribution in [0.3, 0.4) is 0 Å². The highest BCUT2D eigenvalue weighted by Gasteiger charge is 2.18. The first-order valence-electron chi connectivity index (χ1n) is 6.64. The second-order valence-corrected chi connectivity index (χ2v) is 5.59. The molecular formula is C17H19ClFN. The maximum Gasteiger partial charge on any atom is 0.124 e. The lowest BCUT2D eigenvalue weighted by molar-refractivity contribution is 0.623. The molecule has 3 heteroatoms. The average Bonchev–Trinajstić information content (AvgIpc) is 2.38. The molecule has 0 heterocycles. The molecule has 1 N–H and O–H groups in total. The van der Waals surface area contributed by atoms with Gasteiger partial charge in [0.15, 0.2) is 0 Å². The zero-order valence-corrected chi connectivity index (χ0v) is 13.0. The molecule has 0 saturated heterocycles. The van der Waals surface area contributed by atoms with Crippen LogP contribution in [0.15, 0.2) is 30.3 Å². The number of halogens is 2. The van der Waals surface area contributed by atoms with Crippen LogP contribution in [0, 0.1) is 26.6 Å². The molecule has 0 saturated carbocycles. The average molecular weight is 292 g/mol. The molecule has 2 rings (SSSR count). The molecule has 20 heavy (non-hydrogen) atoms. The summed E-state index contributed by atoms with van der Waals surface area (Å²) in [5.74, 6) is -0.314. The van der Waals surface area contributed by atoms with Crippen molar-refractivity contribution in [1.82, 2.24) is 5.32 Å². The van der Waals surface area contributed by atoms with Crippen molar-refractivity contribution in [3.05, 3.63) is 69.0 Å². The zero-order chi connectivity index (χ0) is 14.9. The van der Waals surface area contributed by atoms with Crippen molar-refractivity contribution in [3.8, 4) is 0 Å². The van der Waals surface area contributed by atoms with Gasteiger partial charge in [0.2, 0.25) is 0 Å². The Balaban J connectivity index is 2.55. The highest BCUT2D eigenvalue weighted by atomic mass is 35.5. The molecule has 106 valence electrons. The van der Waals surface area contributed by atoms with E-state index in [-0.39, 0.29) is 11.9 Å². The van der Waals surface area contributed by atoms with Gasteiger partial charge in [-0.3, -0.25) is 0 Å². The predicted molar refractivity (Wildman–Crippen MR) is 83.0 cm³/mol. The standard InChI is InChI=1S/C17H19ClFN/c1-10-7-12(3)15(8-11(10)2)17(20-4)14-6-5-13(19)9-16(14)18/h5-9,17,20H,1-4H3. The van der Waals surface area contributed by atoms with E-state index in [0.29, 0.717) is 5.02 Å². The number of rotatable bonds is 3. The zero-order valence-electron chi connectivity index (χ0n) is 12.2. The van der Waals surface area contributed by atoms with Crippen LogP contribution < -0.4 is 5.32 Å².